The van der Waals surface area contributed by atoms with Crippen molar-refractivity contribution in [2.24, 2.45) is 0 Å². The molecule has 1 atom stereocenters. The quantitative estimate of drug-likeness (QED) is 0.831. The fourth-order valence-electron chi connectivity index (χ4n) is 1.43. The van der Waals surface area contributed by atoms with E-state index in [4.69, 9.17) is 32.7 Å². The van der Waals surface area contributed by atoms with Gasteiger partial charge in [-0.25, -0.2) is 0 Å². The Hall–Kier alpha value is -0.320. The van der Waals surface area contributed by atoms with Crippen LogP contribution in [0.4, 0.5) is 0 Å². The van der Waals surface area contributed by atoms with E-state index in [0.29, 0.717) is 16.5 Å². The van der Waals surface area contributed by atoms with Crippen molar-refractivity contribution < 1.29 is 14.6 Å². The van der Waals surface area contributed by atoms with E-state index < -0.39 is 12.4 Å². The van der Waals surface area contributed by atoms with Gasteiger partial charge < -0.3 is 14.6 Å². The van der Waals surface area contributed by atoms with Gasteiger partial charge in [-0.15, -0.1) is 0 Å². The van der Waals surface area contributed by atoms with Crippen LogP contribution in [0.1, 0.15) is 5.56 Å². The van der Waals surface area contributed by atoms with E-state index >= 15 is 0 Å². The third-order valence-electron chi connectivity index (χ3n) is 2.22. The van der Waals surface area contributed by atoms with Crippen molar-refractivity contribution in [3.63, 3.8) is 0 Å². The maximum absolute atomic E-state index is 9.83. The van der Waals surface area contributed by atoms with Crippen molar-refractivity contribution in [3.05, 3.63) is 33.8 Å². The number of methoxy groups -OCH3 is 2. The molecule has 0 aromatic heterocycles. The lowest BCUT2D eigenvalue weighted by atomic mass is 10.1. The van der Waals surface area contributed by atoms with Crippen molar-refractivity contribution in [3.8, 4) is 0 Å². The minimum absolute atomic E-state index is 0.325. The number of benzene rings is 1. The van der Waals surface area contributed by atoms with Crippen molar-refractivity contribution in [1.82, 2.24) is 0 Å². The second kappa shape index (κ2) is 6.42. The fourth-order valence-corrected chi connectivity index (χ4v) is 1.82. The Kier molecular flexibility index (Phi) is 5.52. The highest BCUT2D eigenvalue weighted by Gasteiger charge is 2.19. The smallest absolute Gasteiger partial charge is 0.183 e. The zero-order valence-corrected chi connectivity index (χ0v) is 10.6. The molecular formula is C11H14Cl2O3. The Morgan fingerprint density at radius 2 is 1.88 bits per heavy atom. The maximum atomic E-state index is 9.83. The van der Waals surface area contributed by atoms with Crippen LogP contribution in [0.3, 0.4) is 0 Å². The molecule has 0 aliphatic rings. The number of hydrogen-bond acceptors (Lipinski definition) is 3. The van der Waals surface area contributed by atoms with Gasteiger partial charge in [-0.05, 0) is 23.8 Å². The number of halogens is 2. The molecule has 16 heavy (non-hydrogen) atoms. The molecule has 0 aliphatic carbocycles. The summed E-state index contributed by atoms with van der Waals surface area (Å²) in [6, 6.07) is 5.11. The number of hydrogen-bond donors (Lipinski definition) is 1. The second-order valence-corrected chi connectivity index (χ2v) is 4.19. The number of ether oxygens (including phenoxy) is 2. The van der Waals surface area contributed by atoms with E-state index in [9.17, 15) is 5.11 Å². The minimum Gasteiger partial charge on any atom is -0.387 e. The summed E-state index contributed by atoms with van der Waals surface area (Å²) in [4.78, 5) is 0. The second-order valence-electron chi connectivity index (χ2n) is 3.35. The topological polar surface area (TPSA) is 38.7 Å². The maximum Gasteiger partial charge on any atom is 0.183 e. The molecule has 0 aliphatic heterocycles. The fraction of sp³-hybridized carbons (Fsp3) is 0.455. The van der Waals surface area contributed by atoms with E-state index in [1.54, 1.807) is 18.2 Å². The molecule has 0 spiro atoms. The monoisotopic (exact) mass is 264 g/mol. The first-order valence-corrected chi connectivity index (χ1v) is 5.51. The third kappa shape index (κ3) is 3.61. The summed E-state index contributed by atoms with van der Waals surface area (Å²) >= 11 is 11.8. The van der Waals surface area contributed by atoms with Gasteiger partial charge in [0.15, 0.2) is 6.29 Å². The van der Waals surface area contributed by atoms with Crippen LogP contribution in [0.2, 0.25) is 10.0 Å². The standard InChI is InChI=1S/C11H14Cl2O3/c1-15-11(16-2)10(14)6-7-5-8(12)3-4-9(7)13/h3-5,10-11,14H,6H2,1-2H3. The van der Waals surface area contributed by atoms with Crippen LogP contribution in [0.15, 0.2) is 18.2 Å². The van der Waals surface area contributed by atoms with Crippen LogP contribution in [0.5, 0.6) is 0 Å². The molecule has 1 aromatic rings. The summed E-state index contributed by atoms with van der Waals surface area (Å²) in [7, 11) is 2.94. The summed E-state index contributed by atoms with van der Waals surface area (Å²) in [5.41, 5.74) is 0.765. The lowest BCUT2D eigenvalue weighted by molar-refractivity contribution is -0.163. The Morgan fingerprint density at radius 1 is 1.25 bits per heavy atom. The Balaban J connectivity index is 2.75. The molecule has 5 heteroatoms. The molecule has 3 nitrogen and oxygen atoms in total. The summed E-state index contributed by atoms with van der Waals surface area (Å²) in [6.07, 6.45) is -1.13. The first kappa shape index (κ1) is 13.7. The van der Waals surface area contributed by atoms with E-state index in [-0.39, 0.29) is 0 Å². The molecule has 90 valence electrons. The normalized spacial score (nSPS) is 13.1. The molecule has 0 amide bonds. The predicted octanol–water partition coefficient (Wildman–Crippen LogP) is 2.52. The van der Waals surface area contributed by atoms with Gasteiger partial charge in [-0.3, -0.25) is 0 Å². The zero-order valence-electron chi connectivity index (χ0n) is 9.11. The van der Waals surface area contributed by atoms with Gasteiger partial charge in [-0.2, -0.15) is 0 Å². The largest absolute Gasteiger partial charge is 0.387 e. The molecule has 1 rings (SSSR count). The summed E-state index contributed by atoms with van der Waals surface area (Å²) in [5.74, 6) is 0. The van der Waals surface area contributed by atoms with E-state index in [1.165, 1.54) is 14.2 Å². The number of aliphatic hydroxyl groups is 1. The number of aliphatic hydroxyl groups excluding tert-OH is 1. The predicted molar refractivity (Wildman–Crippen MR) is 64.0 cm³/mol. The van der Waals surface area contributed by atoms with Gasteiger partial charge in [0, 0.05) is 30.7 Å². The summed E-state index contributed by atoms with van der Waals surface area (Å²) in [5, 5.41) is 11.0. The molecule has 0 saturated carbocycles. The highest BCUT2D eigenvalue weighted by molar-refractivity contribution is 6.33. The molecule has 1 unspecified atom stereocenters. The van der Waals surface area contributed by atoms with Crippen molar-refractivity contribution in [2.45, 2.75) is 18.8 Å². The van der Waals surface area contributed by atoms with Crippen LogP contribution in [-0.2, 0) is 15.9 Å². The Morgan fingerprint density at radius 3 is 2.44 bits per heavy atom. The van der Waals surface area contributed by atoms with Gasteiger partial charge in [-0.1, -0.05) is 23.2 Å². The van der Waals surface area contributed by atoms with Crippen LogP contribution < -0.4 is 0 Å². The van der Waals surface area contributed by atoms with E-state index in [2.05, 4.69) is 0 Å². The zero-order chi connectivity index (χ0) is 12.1. The van der Waals surface area contributed by atoms with Crippen molar-refractivity contribution in [1.29, 1.82) is 0 Å². The van der Waals surface area contributed by atoms with Gasteiger partial charge in [0.1, 0.15) is 6.10 Å². The molecular weight excluding hydrogens is 251 g/mol. The first-order chi connectivity index (χ1) is 7.58. The molecule has 1 aromatic carbocycles. The van der Waals surface area contributed by atoms with E-state index in [0.717, 1.165) is 5.56 Å². The highest BCUT2D eigenvalue weighted by Crippen LogP contribution is 2.22. The average Bonchev–Trinajstić information content (AvgIpc) is 2.25. The van der Waals surface area contributed by atoms with Crippen LogP contribution in [-0.4, -0.2) is 31.7 Å². The Bertz CT molecular complexity index is 340. The molecule has 0 fully saturated rings. The van der Waals surface area contributed by atoms with E-state index in [1.807, 2.05) is 0 Å². The lowest BCUT2D eigenvalue weighted by Gasteiger charge is -2.20. The third-order valence-corrected chi connectivity index (χ3v) is 2.82. The molecule has 0 radical (unpaired) electrons. The van der Waals surface area contributed by atoms with Crippen LogP contribution >= 0.6 is 23.2 Å². The summed E-state index contributed by atoms with van der Waals surface area (Å²) < 4.78 is 9.91. The molecule has 0 saturated heterocycles. The lowest BCUT2D eigenvalue weighted by Crippen LogP contribution is -2.31. The van der Waals surface area contributed by atoms with Gasteiger partial charge in [0.25, 0.3) is 0 Å². The molecule has 0 heterocycles. The summed E-state index contributed by atoms with van der Waals surface area (Å²) in [6.45, 7) is 0. The van der Waals surface area contributed by atoms with Crippen LogP contribution in [0.25, 0.3) is 0 Å². The molecule has 1 N–H and O–H groups in total. The van der Waals surface area contributed by atoms with Crippen LogP contribution in [0, 0.1) is 0 Å². The van der Waals surface area contributed by atoms with Crippen molar-refractivity contribution in [2.75, 3.05) is 14.2 Å². The highest BCUT2D eigenvalue weighted by atomic mass is 35.5. The van der Waals surface area contributed by atoms with Gasteiger partial charge in [0.2, 0.25) is 0 Å². The molecule has 0 bridgehead atoms. The first-order valence-electron chi connectivity index (χ1n) is 4.76. The van der Waals surface area contributed by atoms with Gasteiger partial charge in [0.05, 0.1) is 0 Å². The van der Waals surface area contributed by atoms with Crippen molar-refractivity contribution >= 4 is 23.2 Å². The minimum atomic E-state index is -0.786. The SMILES string of the molecule is COC(OC)C(O)Cc1cc(Cl)ccc1Cl. The number of rotatable bonds is 5. The van der Waals surface area contributed by atoms with Gasteiger partial charge >= 0.3 is 0 Å². The average molecular weight is 265 g/mol. The Labute approximate surface area is 105 Å².